The second-order valence-electron chi connectivity index (χ2n) is 17.0. The van der Waals surface area contributed by atoms with Crippen LogP contribution in [0.2, 0.25) is 0 Å². The third kappa shape index (κ3) is 17.1. The van der Waals surface area contributed by atoms with E-state index >= 15 is 0 Å². The van der Waals surface area contributed by atoms with Crippen LogP contribution in [0.15, 0.2) is 78.3 Å². The molecule has 68 heavy (non-hydrogen) atoms. The number of H-pyrrole nitrogens is 2. The molecule has 4 aromatic rings. The van der Waals surface area contributed by atoms with Crippen LogP contribution >= 0.6 is 0 Å². The lowest BCUT2D eigenvalue weighted by atomic mass is 9.90. The SMILES string of the molecule is CCCC[C@H](NC(C)=O)C(=O)N[C@@H](C)C(=O)N[C@@H](Cc1cnc[nH]1)C(=O)N[C@H](Cc1ccccc1)C(=O)C[C@@H](CCCN=C(N)N)C(=O)N[C@@H](C)C(=O)C[C@@H](Cc1c[nH]c2ccccc12)C(=O)O. The number of aromatic amines is 2. The summed E-state index contributed by atoms with van der Waals surface area (Å²) < 4.78 is 0. The molecule has 366 valence electrons. The summed E-state index contributed by atoms with van der Waals surface area (Å²) >= 11 is 0. The monoisotopic (exact) mass is 939 g/mol. The molecule has 0 saturated heterocycles. The van der Waals surface area contributed by atoms with Gasteiger partial charge in [-0.3, -0.25) is 43.3 Å². The number of hydrogen-bond donors (Lipinski definition) is 10. The molecule has 7 atom stereocenters. The number of hydrogen-bond acceptors (Lipinski definition) is 10. The summed E-state index contributed by atoms with van der Waals surface area (Å²) in [5.74, 6) is -7.57. The number of carboxylic acids is 1. The first-order valence-corrected chi connectivity index (χ1v) is 22.8. The van der Waals surface area contributed by atoms with Crippen LogP contribution in [0.1, 0.15) is 89.5 Å². The van der Waals surface area contributed by atoms with Crippen molar-refractivity contribution in [2.45, 2.75) is 122 Å². The summed E-state index contributed by atoms with van der Waals surface area (Å²) in [7, 11) is 0. The molecular weight excluding hydrogens is 875 g/mol. The Morgan fingerprint density at radius 1 is 0.691 bits per heavy atom. The first kappa shape index (κ1) is 53.2. The standard InChI is InChI=1S/C48H65N11O9/c1-5-6-17-38(57-30(4)60)45(65)56-29(3)43(63)59-40(24-35-26-51-27-54-35)46(66)58-39(20-31-13-8-7-9-14-31)42(62)22-32(15-12-19-52-48(49)50)44(64)55-28(2)41(61)23-33(47(67)68)21-34-25-53-37-18-11-10-16-36(34)37/h7-11,13-14,16,18,25-29,32-33,38-40,53H,5-6,12,15,17,19-24H2,1-4H3,(H,51,54)(H,55,64)(H,56,65)(H,57,60)(H,58,66)(H,59,63)(H,67,68)(H4,49,50,52)/t28-,29-,32+,33+,38-,39+,40-/m0/s1. The Morgan fingerprint density at radius 3 is 2.01 bits per heavy atom. The van der Waals surface area contributed by atoms with Crippen molar-refractivity contribution in [1.29, 1.82) is 0 Å². The minimum absolute atomic E-state index is 0.00906. The normalized spacial score (nSPS) is 14.2. The average Bonchev–Trinajstić information content (AvgIpc) is 3.98. The summed E-state index contributed by atoms with van der Waals surface area (Å²) in [6.45, 7) is 6.26. The lowest BCUT2D eigenvalue weighted by Gasteiger charge is -2.26. The van der Waals surface area contributed by atoms with Crippen molar-refractivity contribution in [1.82, 2.24) is 41.5 Å². The molecule has 0 spiro atoms. The molecule has 0 unspecified atom stereocenters. The number of nitrogens with zero attached hydrogens (tertiary/aromatic N) is 2. The Balaban J connectivity index is 1.53. The minimum atomic E-state index is -1.28. The number of aliphatic imine (C=N–C) groups is 1. The molecule has 0 fully saturated rings. The van der Waals surface area contributed by atoms with E-state index < -0.39 is 95.5 Å². The Morgan fingerprint density at radius 2 is 1.35 bits per heavy atom. The highest BCUT2D eigenvalue weighted by atomic mass is 16.4. The first-order chi connectivity index (χ1) is 32.4. The van der Waals surface area contributed by atoms with Crippen molar-refractivity contribution < 1.29 is 43.5 Å². The second kappa shape index (κ2) is 26.7. The Kier molecular flexibility index (Phi) is 20.9. The van der Waals surface area contributed by atoms with Gasteiger partial charge < -0.3 is 53.1 Å². The Hall–Kier alpha value is -7.38. The molecule has 0 saturated carbocycles. The van der Waals surface area contributed by atoms with Crippen LogP contribution in [0.4, 0.5) is 0 Å². The van der Waals surface area contributed by atoms with Crippen LogP contribution < -0.4 is 38.1 Å². The molecule has 0 aliphatic rings. The highest BCUT2D eigenvalue weighted by molar-refractivity contribution is 5.97. The van der Waals surface area contributed by atoms with Gasteiger partial charge in [-0.15, -0.1) is 0 Å². The number of amides is 5. The third-order valence-corrected chi connectivity index (χ3v) is 11.5. The van der Waals surface area contributed by atoms with Gasteiger partial charge in [-0.2, -0.15) is 0 Å². The minimum Gasteiger partial charge on any atom is -0.481 e. The van der Waals surface area contributed by atoms with Crippen molar-refractivity contribution >= 4 is 63.9 Å². The van der Waals surface area contributed by atoms with Crippen LogP contribution in [0.5, 0.6) is 0 Å². The number of benzene rings is 2. The van der Waals surface area contributed by atoms with Gasteiger partial charge in [0.1, 0.15) is 18.1 Å². The zero-order valence-corrected chi connectivity index (χ0v) is 39.0. The number of unbranched alkanes of at least 4 members (excludes halogenated alkanes) is 1. The van der Waals surface area contributed by atoms with Gasteiger partial charge in [0.15, 0.2) is 17.5 Å². The number of carboxylic acid groups (broad SMARTS) is 1. The number of Topliss-reactive ketones (excluding diaryl/α,β-unsaturated/α-hetero) is 2. The molecule has 20 heteroatoms. The maximum atomic E-state index is 14.5. The molecule has 0 aliphatic carbocycles. The fourth-order valence-electron chi connectivity index (χ4n) is 7.69. The van der Waals surface area contributed by atoms with Gasteiger partial charge in [-0.25, -0.2) is 4.98 Å². The molecule has 2 aromatic heterocycles. The van der Waals surface area contributed by atoms with Crippen LogP contribution in [0, 0.1) is 11.8 Å². The highest BCUT2D eigenvalue weighted by Crippen LogP contribution is 2.23. The van der Waals surface area contributed by atoms with Crippen molar-refractivity contribution in [2.75, 3.05) is 6.54 Å². The summed E-state index contributed by atoms with van der Waals surface area (Å²) in [6.07, 6.45) is 5.98. The summed E-state index contributed by atoms with van der Waals surface area (Å²) in [5.41, 5.74) is 13.8. The highest BCUT2D eigenvalue weighted by Gasteiger charge is 2.34. The van der Waals surface area contributed by atoms with E-state index in [-0.39, 0.29) is 51.0 Å². The van der Waals surface area contributed by atoms with Crippen molar-refractivity contribution in [3.05, 3.63) is 90.1 Å². The molecule has 4 rings (SSSR count). The number of fused-ring (bicyclic) bond motifs is 1. The molecular formula is C48H65N11O9. The number of rotatable bonds is 29. The molecule has 2 heterocycles. The quantitative estimate of drug-likeness (QED) is 0.0212. The van der Waals surface area contributed by atoms with Gasteiger partial charge in [0.2, 0.25) is 29.5 Å². The van der Waals surface area contributed by atoms with Gasteiger partial charge >= 0.3 is 5.97 Å². The molecule has 0 radical (unpaired) electrons. The van der Waals surface area contributed by atoms with E-state index in [4.69, 9.17) is 11.5 Å². The Labute approximate surface area is 395 Å². The fraction of sp³-hybridized carbons (Fsp3) is 0.458. The number of ketones is 2. The molecule has 0 bridgehead atoms. The fourth-order valence-corrected chi connectivity index (χ4v) is 7.69. The van der Waals surface area contributed by atoms with E-state index in [1.165, 1.54) is 33.3 Å². The molecule has 20 nitrogen and oxygen atoms in total. The van der Waals surface area contributed by atoms with E-state index in [0.29, 0.717) is 24.1 Å². The summed E-state index contributed by atoms with van der Waals surface area (Å²) in [4.78, 5) is 121. The van der Waals surface area contributed by atoms with Crippen molar-refractivity contribution in [3.63, 3.8) is 0 Å². The first-order valence-electron chi connectivity index (χ1n) is 22.8. The smallest absolute Gasteiger partial charge is 0.307 e. The average molecular weight is 940 g/mol. The lowest BCUT2D eigenvalue weighted by molar-refractivity contribution is -0.144. The van der Waals surface area contributed by atoms with E-state index in [1.54, 1.807) is 36.5 Å². The van der Waals surface area contributed by atoms with E-state index in [2.05, 4.69) is 46.5 Å². The summed E-state index contributed by atoms with van der Waals surface area (Å²) in [5, 5.41) is 24.3. The lowest BCUT2D eigenvalue weighted by Crippen LogP contribution is -2.57. The maximum Gasteiger partial charge on any atom is 0.307 e. The number of aliphatic carboxylic acids is 1. The number of carbonyl (C=O) groups excluding carboxylic acids is 7. The topological polar surface area (TPSA) is 326 Å². The van der Waals surface area contributed by atoms with Crippen LogP contribution in [-0.2, 0) is 57.6 Å². The third-order valence-electron chi connectivity index (χ3n) is 11.5. The number of carbonyl (C=O) groups is 8. The van der Waals surface area contributed by atoms with Gasteiger partial charge in [0.25, 0.3) is 0 Å². The predicted molar refractivity (Wildman–Crippen MR) is 254 cm³/mol. The maximum absolute atomic E-state index is 14.5. The van der Waals surface area contributed by atoms with Crippen molar-refractivity contribution in [2.24, 2.45) is 28.3 Å². The van der Waals surface area contributed by atoms with Gasteiger partial charge in [0.05, 0.1) is 24.3 Å². The second-order valence-corrected chi connectivity index (χ2v) is 17.0. The van der Waals surface area contributed by atoms with Crippen molar-refractivity contribution in [3.8, 4) is 0 Å². The molecule has 2 aromatic carbocycles. The van der Waals surface area contributed by atoms with Gasteiger partial charge in [0, 0.05) is 67.6 Å². The van der Waals surface area contributed by atoms with Crippen LogP contribution in [0.3, 0.4) is 0 Å². The largest absolute Gasteiger partial charge is 0.481 e. The molecule has 5 amide bonds. The Bertz CT molecular complexity index is 2360. The van der Waals surface area contributed by atoms with E-state index in [0.717, 1.165) is 22.9 Å². The van der Waals surface area contributed by atoms with Gasteiger partial charge in [-0.05, 0) is 63.1 Å². The van der Waals surface area contributed by atoms with Gasteiger partial charge in [-0.1, -0.05) is 68.3 Å². The summed E-state index contributed by atoms with van der Waals surface area (Å²) in [6, 6.07) is 10.6. The number of guanidine groups is 1. The number of imidazole rings is 1. The molecule has 12 N–H and O–H groups in total. The van der Waals surface area contributed by atoms with Crippen LogP contribution in [-0.4, -0.2) is 110 Å². The van der Waals surface area contributed by atoms with E-state index in [9.17, 15) is 43.5 Å². The predicted octanol–water partition coefficient (Wildman–Crippen LogP) is 1.88. The zero-order valence-electron chi connectivity index (χ0n) is 39.0. The molecule has 0 aliphatic heterocycles. The number of nitrogens with two attached hydrogens (primary N) is 2. The number of nitrogens with one attached hydrogen (secondary N) is 7. The zero-order chi connectivity index (χ0) is 49.8. The number of para-hydroxylation sites is 1. The number of aromatic nitrogens is 3. The van der Waals surface area contributed by atoms with Crippen LogP contribution in [0.25, 0.3) is 10.9 Å². The van der Waals surface area contributed by atoms with E-state index in [1.807, 2.05) is 31.2 Å².